The summed E-state index contributed by atoms with van der Waals surface area (Å²) in [6, 6.07) is 17.6. The van der Waals surface area contributed by atoms with Gasteiger partial charge in [0.25, 0.3) is 0 Å². The summed E-state index contributed by atoms with van der Waals surface area (Å²) >= 11 is 3.49. The van der Waals surface area contributed by atoms with Crippen molar-refractivity contribution in [2.45, 2.75) is 19.8 Å². The van der Waals surface area contributed by atoms with Crippen LogP contribution in [0.1, 0.15) is 18.4 Å². The number of anilines is 2. The number of piperidine rings is 1. The third kappa shape index (κ3) is 4.88. The Morgan fingerprint density at radius 1 is 1.10 bits per heavy atom. The molecule has 1 N–H and O–H groups in total. The second-order valence-corrected chi connectivity index (χ2v) is 8.55. The van der Waals surface area contributed by atoms with Gasteiger partial charge in [-0.25, -0.2) is 0 Å². The van der Waals surface area contributed by atoms with E-state index in [1.807, 2.05) is 61.5 Å². The van der Waals surface area contributed by atoms with Gasteiger partial charge in [-0.2, -0.15) is 0 Å². The zero-order valence-electron chi connectivity index (χ0n) is 17.6. The molecule has 0 spiro atoms. The topological polar surface area (TPSA) is 67.3 Å². The van der Waals surface area contributed by atoms with Gasteiger partial charge < -0.3 is 15.0 Å². The van der Waals surface area contributed by atoms with Crippen molar-refractivity contribution in [3.05, 3.63) is 64.6 Å². The lowest BCUT2D eigenvalue weighted by atomic mass is 9.95. The highest BCUT2D eigenvalue weighted by Crippen LogP contribution is 2.29. The Labute approximate surface area is 190 Å². The Morgan fingerprint density at radius 3 is 2.55 bits per heavy atom. The average Bonchev–Trinajstić information content (AvgIpc) is 2.81. The monoisotopic (exact) mass is 480 g/mol. The molecule has 7 heteroatoms. The molecule has 0 atom stereocenters. The van der Waals surface area contributed by atoms with E-state index in [0.29, 0.717) is 0 Å². The number of hydrogen-bond donors (Lipinski definition) is 1. The number of halogens is 1. The molecule has 1 aromatic heterocycles. The van der Waals surface area contributed by atoms with Crippen LogP contribution in [-0.2, 0) is 4.79 Å². The van der Waals surface area contributed by atoms with Crippen molar-refractivity contribution in [3.8, 4) is 17.0 Å². The number of carbonyl (C=O) groups excluding carboxylic acids is 1. The molecule has 1 aliphatic heterocycles. The first-order valence-corrected chi connectivity index (χ1v) is 11.1. The highest BCUT2D eigenvalue weighted by Gasteiger charge is 2.26. The summed E-state index contributed by atoms with van der Waals surface area (Å²) in [6.07, 6.45) is 1.58. The minimum atomic E-state index is 0.000940. The average molecular weight is 481 g/mol. The fourth-order valence-corrected chi connectivity index (χ4v) is 4.08. The van der Waals surface area contributed by atoms with Crippen molar-refractivity contribution in [2.24, 2.45) is 5.92 Å². The van der Waals surface area contributed by atoms with E-state index in [1.54, 1.807) is 7.11 Å². The highest BCUT2D eigenvalue weighted by molar-refractivity contribution is 9.10. The van der Waals surface area contributed by atoms with Crippen molar-refractivity contribution >= 4 is 33.3 Å². The number of carbonyl (C=O) groups is 1. The number of benzene rings is 2. The highest BCUT2D eigenvalue weighted by atomic mass is 79.9. The summed E-state index contributed by atoms with van der Waals surface area (Å²) in [5, 5.41) is 11.9. The Bertz CT molecular complexity index is 1060. The van der Waals surface area contributed by atoms with Crippen LogP contribution >= 0.6 is 15.9 Å². The molecule has 31 heavy (non-hydrogen) atoms. The Morgan fingerprint density at radius 2 is 1.87 bits per heavy atom. The molecule has 2 aromatic carbocycles. The van der Waals surface area contributed by atoms with Gasteiger partial charge in [0.05, 0.1) is 12.8 Å². The SMILES string of the molecule is COc1ccccc1-c1ccc(N2CCC(C(=O)Nc3ccc(Br)c(C)c3)CC2)nn1. The van der Waals surface area contributed by atoms with Crippen LogP contribution in [0.2, 0.25) is 0 Å². The second kappa shape index (κ2) is 9.47. The maximum absolute atomic E-state index is 12.7. The van der Waals surface area contributed by atoms with E-state index in [-0.39, 0.29) is 11.8 Å². The molecule has 1 amide bonds. The van der Waals surface area contributed by atoms with E-state index in [1.165, 1.54) is 0 Å². The van der Waals surface area contributed by atoms with Crippen molar-refractivity contribution in [3.63, 3.8) is 0 Å². The smallest absolute Gasteiger partial charge is 0.227 e. The van der Waals surface area contributed by atoms with Crippen LogP contribution in [0.4, 0.5) is 11.5 Å². The summed E-state index contributed by atoms with van der Waals surface area (Å²) in [6.45, 7) is 3.57. The largest absolute Gasteiger partial charge is 0.496 e. The third-order valence-electron chi connectivity index (χ3n) is 5.65. The molecule has 1 aliphatic rings. The molecule has 3 aromatic rings. The number of ether oxygens (including phenoxy) is 1. The van der Waals surface area contributed by atoms with E-state index in [0.717, 1.165) is 64.5 Å². The fraction of sp³-hybridized carbons (Fsp3) is 0.292. The Balaban J connectivity index is 1.36. The summed E-state index contributed by atoms with van der Waals surface area (Å²) in [7, 11) is 1.65. The quantitative estimate of drug-likeness (QED) is 0.551. The van der Waals surface area contributed by atoms with E-state index < -0.39 is 0 Å². The minimum Gasteiger partial charge on any atom is -0.496 e. The lowest BCUT2D eigenvalue weighted by molar-refractivity contribution is -0.120. The van der Waals surface area contributed by atoms with Gasteiger partial charge in [0.1, 0.15) is 5.75 Å². The van der Waals surface area contributed by atoms with Gasteiger partial charge in [0.15, 0.2) is 5.82 Å². The predicted molar refractivity (Wildman–Crippen MR) is 126 cm³/mol. The third-order valence-corrected chi connectivity index (χ3v) is 6.54. The van der Waals surface area contributed by atoms with Crippen molar-refractivity contribution in [2.75, 3.05) is 30.4 Å². The molecule has 2 heterocycles. The van der Waals surface area contributed by atoms with Gasteiger partial charge in [0.2, 0.25) is 5.91 Å². The molecule has 0 aliphatic carbocycles. The van der Waals surface area contributed by atoms with Crippen molar-refractivity contribution < 1.29 is 9.53 Å². The molecule has 0 radical (unpaired) electrons. The molecule has 6 nitrogen and oxygen atoms in total. The van der Waals surface area contributed by atoms with Crippen LogP contribution in [0.25, 0.3) is 11.3 Å². The molecule has 0 saturated carbocycles. The lowest BCUT2D eigenvalue weighted by Crippen LogP contribution is -2.38. The van der Waals surface area contributed by atoms with E-state index in [9.17, 15) is 4.79 Å². The van der Waals surface area contributed by atoms with Gasteiger partial charge in [-0.15, -0.1) is 10.2 Å². The Kier molecular flexibility index (Phi) is 6.51. The molecular formula is C24H25BrN4O2. The summed E-state index contributed by atoms with van der Waals surface area (Å²) in [4.78, 5) is 14.9. The molecular weight excluding hydrogens is 456 g/mol. The predicted octanol–water partition coefficient (Wildman–Crippen LogP) is 5.08. The normalized spacial score (nSPS) is 14.4. The number of rotatable bonds is 5. The van der Waals surface area contributed by atoms with E-state index >= 15 is 0 Å². The molecule has 1 saturated heterocycles. The van der Waals surface area contributed by atoms with E-state index in [2.05, 4.69) is 36.3 Å². The second-order valence-electron chi connectivity index (χ2n) is 7.69. The number of methoxy groups -OCH3 is 1. The molecule has 0 bridgehead atoms. The zero-order chi connectivity index (χ0) is 21.8. The van der Waals surface area contributed by atoms with Gasteiger partial charge >= 0.3 is 0 Å². The molecule has 160 valence electrons. The van der Waals surface area contributed by atoms with Crippen LogP contribution in [0.5, 0.6) is 5.75 Å². The maximum Gasteiger partial charge on any atom is 0.227 e. The fourth-order valence-electron chi connectivity index (χ4n) is 3.83. The first-order chi connectivity index (χ1) is 15.0. The molecule has 1 fully saturated rings. The van der Waals surface area contributed by atoms with Crippen LogP contribution in [0.3, 0.4) is 0 Å². The summed E-state index contributed by atoms with van der Waals surface area (Å²) in [5.41, 5.74) is 3.64. The van der Waals surface area contributed by atoms with Gasteiger partial charge in [-0.1, -0.05) is 28.1 Å². The number of amides is 1. The number of para-hydroxylation sites is 1. The van der Waals surface area contributed by atoms with Crippen LogP contribution < -0.4 is 15.0 Å². The van der Waals surface area contributed by atoms with Crippen molar-refractivity contribution in [1.29, 1.82) is 0 Å². The molecule has 0 unspecified atom stereocenters. The van der Waals surface area contributed by atoms with Crippen molar-refractivity contribution in [1.82, 2.24) is 10.2 Å². The number of aromatic nitrogens is 2. The summed E-state index contributed by atoms with van der Waals surface area (Å²) in [5.74, 6) is 1.69. The van der Waals surface area contributed by atoms with Crippen LogP contribution in [-0.4, -0.2) is 36.3 Å². The molecule has 4 rings (SSSR count). The van der Waals surface area contributed by atoms with E-state index in [4.69, 9.17) is 4.74 Å². The number of hydrogen-bond acceptors (Lipinski definition) is 5. The van der Waals surface area contributed by atoms with Gasteiger partial charge in [-0.3, -0.25) is 4.79 Å². The van der Waals surface area contributed by atoms with Crippen LogP contribution in [0, 0.1) is 12.8 Å². The lowest BCUT2D eigenvalue weighted by Gasteiger charge is -2.31. The van der Waals surface area contributed by atoms with Crippen LogP contribution in [0.15, 0.2) is 59.1 Å². The number of nitrogens with one attached hydrogen (secondary N) is 1. The van der Waals surface area contributed by atoms with Gasteiger partial charge in [-0.05, 0) is 67.8 Å². The van der Waals surface area contributed by atoms with Gasteiger partial charge in [0, 0.05) is 34.7 Å². The first kappa shape index (κ1) is 21.3. The standard InChI is InChI=1S/C24H25BrN4O2/c1-16-15-18(7-8-20(16)25)26-24(30)17-11-13-29(14-12-17)23-10-9-21(27-28-23)19-5-3-4-6-22(19)31-2/h3-10,15,17H,11-14H2,1-2H3,(H,26,30). The summed E-state index contributed by atoms with van der Waals surface area (Å²) < 4.78 is 6.46. The maximum atomic E-state index is 12.7. The number of aryl methyl sites for hydroxylation is 1. The minimum absolute atomic E-state index is 0.000940. The number of nitrogens with zero attached hydrogens (tertiary/aromatic N) is 3. The Hall–Kier alpha value is -2.93. The first-order valence-electron chi connectivity index (χ1n) is 10.3. The zero-order valence-corrected chi connectivity index (χ0v) is 19.2.